The van der Waals surface area contributed by atoms with Gasteiger partial charge in [0, 0.05) is 55.2 Å². The van der Waals surface area contributed by atoms with E-state index < -0.39 is 102 Å². The van der Waals surface area contributed by atoms with Crippen LogP contribution < -0.4 is 16.4 Å². The maximum absolute atomic E-state index is 14.1. The molecule has 0 fully saturated rings. The van der Waals surface area contributed by atoms with Gasteiger partial charge in [-0.2, -0.15) is 0 Å². The minimum absolute atomic E-state index is 0.0143. The second kappa shape index (κ2) is 28.6. The molecule has 0 heterocycles. The molecule has 2 amide bonds. The number of hydrogen-bond donors (Lipinski definition) is 4. The number of carbonyl (C=O) groups is 5. The van der Waals surface area contributed by atoms with E-state index in [4.69, 9.17) is 20.3 Å². The van der Waals surface area contributed by atoms with Crippen LogP contribution in [0.1, 0.15) is 70.1 Å². The predicted molar refractivity (Wildman–Crippen MR) is 212 cm³/mol. The van der Waals surface area contributed by atoms with Crippen LogP contribution in [0.5, 0.6) is 0 Å². The summed E-state index contributed by atoms with van der Waals surface area (Å²) < 4.78 is 115. The molecule has 5 atom stereocenters. The van der Waals surface area contributed by atoms with E-state index in [0.717, 1.165) is 42.5 Å². The molecule has 0 saturated carbocycles. The molecule has 19 heteroatoms. The van der Waals surface area contributed by atoms with Crippen LogP contribution in [-0.4, -0.2) is 78.5 Å². The number of ether oxygens (including phenoxy) is 2. The van der Waals surface area contributed by atoms with Crippen LogP contribution in [-0.2, 0) is 33.4 Å². The molecule has 338 valence electrons. The van der Waals surface area contributed by atoms with E-state index in [1.54, 1.807) is 13.8 Å². The van der Waals surface area contributed by atoms with Crippen molar-refractivity contribution in [2.75, 3.05) is 13.2 Å². The van der Waals surface area contributed by atoms with Gasteiger partial charge < -0.3 is 30.9 Å². The number of carboxylic acids is 1. The van der Waals surface area contributed by atoms with Gasteiger partial charge in [0.25, 0.3) is 0 Å². The number of amides is 2. The van der Waals surface area contributed by atoms with Crippen LogP contribution >= 0.6 is 0 Å². The molecule has 0 aromatic heterocycles. The lowest BCUT2D eigenvalue weighted by Crippen LogP contribution is -2.41. The lowest BCUT2D eigenvalue weighted by atomic mass is 10.1. The van der Waals surface area contributed by atoms with Gasteiger partial charge in [-0.05, 0) is 50.2 Å². The van der Waals surface area contributed by atoms with Crippen LogP contribution in [0.3, 0.4) is 0 Å². The first kappa shape index (κ1) is 54.1. The summed E-state index contributed by atoms with van der Waals surface area (Å²) in [6.45, 7) is 6.14. The second-order valence-electron chi connectivity index (χ2n) is 12.8. The van der Waals surface area contributed by atoms with E-state index in [-0.39, 0.29) is 48.7 Å². The molecular formula is C44H43F8N3O8. The van der Waals surface area contributed by atoms with E-state index in [0.29, 0.717) is 12.1 Å². The van der Waals surface area contributed by atoms with Gasteiger partial charge in [-0.25, -0.2) is 35.1 Å². The number of esters is 2. The summed E-state index contributed by atoms with van der Waals surface area (Å²) in [5.41, 5.74) is 5.33. The van der Waals surface area contributed by atoms with Gasteiger partial charge in [-0.1, -0.05) is 35.5 Å². The Balaban J connectivity index is 0.000000476. The molecule has 63 heavy (non-hydrogen) atoms. The van der Waals surface area contributed by atoms with Gasteiger partial charge in [0.15, 0.2) is 12.3 Å². The first-order valence-electron chi connectivity index (χ1n) is 18.6. The molecule has 3 aromatic rings. The van der Waals surface area contributed by atoms with Gasteiger partial charge in [0.1, 0.15) is 34.9 Å². The third kappa shape index (κ3) is 24.8. The Morgan fingerprint density at radius 3 is 1.37 bits per heavy atom. The SMILES string of the molecule is CCOC(=O)C[C@@H](CC#Cc1cc(F)cc(F)c1)NC(C)=O.CCOC(=O)C[C@H](NC(C)=O)[C@@H](F)C#Cc1cc(F)cc(F)c1.N[C@@H](CC(=O)O)[C@@H](F)C#Cc1cc(F)cc(F)c1. The second-order valence-corrected chi connectivity index (χ2v) is 12.8. The third-order valence-corrected chi connectivity index (χ3v) is 7.22. The number of hydrogen-bond acceptors (Lipinski definition) is 8. The summed E-state index contributed by atoms with van der Waals surface area (Å²) in [7, 11) is 0. The topological polar surface area (TPSA) is 174 Å². The quantitative estimate of drug-likeness (QED) is 0.0950. The van der Waals surface area contributed by atoms with E-state index in [9.17, 15) is 59.1 Å². The molecule has 0 aliphatic carbocycles. The largest absolute Gasteiger partial charge is 0.481 e. The Labute approximate surface area is 358 Å². The molecule has 0 bridgehead atoms. The van der Waals surface area contributed by atoms with Crippen molar-refractivity contribution in [3.8, 4) is 35.5 Å². The van der Waals surface area contributed by atoms with Crippen LogP contribution in [0.15, 0.2) is 54.6 Å². The van der Waals surface area contributed by atoms with Crippen LogP contribution in [0.2, 0.25) is 0 Å². The first-order valence-corrected chi connectivity index (χ1v) is 18.6. The number of aliphatic carboxylic acids is 1. The van der Waals surface area contributed by atoms with Crippen molar-refractivity contribution < 1.29 is 73.7 Å². The number of nitrogens with one attached hydrogen (secondary N) is 2. The van der Waals surface area contributed by atoms with Gasteiger partial charge in [-0.15, -0.1) is 0 Å². The lowest BCUT2D eigenvalue weighted by Gasteiger charge is -2.17. The van der Waals surface area contributed by atoms with E-state index in [1.165, 1.54) is 13.8 Å². The Morgan fingerprint density at radius 1 is 0.603 bits per heavy atom. The minimum atomic E-state index is -1.91. The molecule has 0 radical (unpaired) electrons. The van der Waals surface area contributed by atoms with Crippen molar-refractivity contribution in [2.45, 2.75) is 83.8 Å². The molecule has 11 nitrogen and oxygen atoms in total. The summed E-state index contributed by atoms with van der Waals surface area (Å²) in [5.74, 6) is 5.96. The number of nitrogens with two attached hydrogens (primary N) is 1. The molecule has 0 spiro atoms. The fraction of sp³-hybridized carbons (Fsp3) is 0.341. The molecule has 5 N–H and O–H groups in total. The highest BCUT2D eigenvalue weighted by molar-refractivity contribution is 5.76. The number of benzene rings is 3. The Kier molecular flexibility index (Phi) is 24.6. The zero-order valence-electron chi connectivity index (χ0n) is 34.2. The zero-order chi connectivity index (χ0) is 47.6. The third-order valence-electron chi connectivity index (χ3n) is 7.22. The average molecular weight is 894 g/mol. The van der Waals surface area contributed by atoms with E-state index in [2.05, 4.69) is 40.2 Å². The van der Waals surface area contributed by atoms with Gasteiger partial charge >= 0.3 is 17.9 Å². The predicted octanol–water partition coefficient (Wildman–Crippen LogP) is 5.73. The maximum atomic E-state index is 14.1. The molecule has 0 aliphatic heterocycles. The molecule has 0 unspecified atom stereocenters. The van der Waals surface area contributed by atoms with Crippen molar-refractivity contribution in [1.82, 2.24) is 10.6 Å². The van der Waals surface area contributed by atoms with Gasteiger partial charge in [-0.3, -0.25) is 24.0 Å². The van der Waals surface area contributed by atoms with E-state index in [1.807, 2.05) is 5.92 Å². The highest BCUT2D eigenvalue weighted by atomic mass is 19.2. The number of alkyl halides is 2. The Bertz CT molecular complexity index is 2180. The normalized spacial score (nSPS) is 12.3. The van der Waals surface area contributed by atoms with Gasteiger partial charge in [0.05, 0.1) is 50.6 Å². The number of carboxylic acid groups (broad SMARTS) is 1. The molecule has 3 aromatic carbocycles. The number of halogens is 8. The number of carbonyl (C=O) groups excluding carboxylic acids is 4. The highest BCUT2D eigenvalue weighted by Crippen LogP contribution is 2.11. The smallest absolute Gasteiger partial charge is 0.308 e. The molecular weight excluding hydrogens is 850 g/mol. The average Bonchev–Trinajstić information content (AvgIpc) is 3.14. The standard InChI is InChI=1S/C16H16F3NO3.C16H17F2NO3.C12H10F3NO2/c1-3-23-16(22)9-15(20-10(2)21)14(19)5-4-11-6-12(17)8-13(18)7-11;1-3-22-16(21)10-15(19-11(2)20)6-4-5-12-7-13(17)9-14(18)8-12;13-8-3-7(4-9(14)5-8)1-2-10(15)11(16)6-12(17)18/h6-8,14-15H,3,9H2,1-2H3,(H,20,21);7-9,15H,3,6,10H2,1-2H3,(H,19,20);3-5,10-11H,6,16H2,(H,17,18)/t14-,15-;15-;10-,11-/m010/s1. The highest BCUT2D eigenvalue weighted by Gasteiger charge is 2.24. The lowest BCUT2D eigenvalue weighted by molar-refractivity contribution is -0.145. The first-order chi connectivity index (χ1) is 29.6. The Hall–Kier alpha value is -6.91. The van der Waals surface area contributed by atoms with Crippen LogP contribution in [0.25, 0.3) is 0 Å². The summed E-state index contributed by atoms with van der Waals surface area (Å²) in [6.07, 6.45) is -4.62. The van der Waals surface area contributed by atoms with Crippen molar-refractivity contribution in [2.24, 2.45) is 5.73 Å². The summed E-state index contributed by atoms with van der Waals surface area (Å²) in [5, 5.41) is 13.2. The minimum Gasteiger partial charge on any atom is -0.481 e. The van der Waals surface area contributed by atoms with E-state index >= 15 is 0 Å². The molecule has 0 saturated heterocycles. The fourth-order valence-corrected chi connectivity index (χ4v) is 4.74. The monoisotopic (exact) mass is 893 g/mol. The van der Waals surface area contributed by atoms with Crippen LogP contribution in [0.4, 0.5) is 35.1 Å². The molecule has 3 rings (SSSR count). The maximum Gasteiger partial charge on any atom is 0.308 e. The Morgan fingerprint density at radius 2 is 0.984 bits per heavy atom. The summed E-state index contributed by atoms with van der Waals surface area (Å²) in [6, 6.07) is 5.05. The van der Waals surface area contributed by atoms with Crippen molar-refractivity contribution in [3.63, 3.8) is 0 Å². The van der Waals surface area contributed by atoms with Gasteiger partial charge in [0.2, 0.25) is 11.8 Å². The summed E-state index contributed by atoms with van der Waals surface area (Å²) in [4.78, 5) is 55.3. The van der Waals surface area contributed by atoms with Crippen molar-refractivity contribution in [3.05, 3.63) is 106 Å². The van der Waals surface area contributed by atoms with Crippen molar-refractivity contribution in [1.29, 1.82) is 0 Å². The van der Waals surface area contributed by atoms with Crippen molar-refractivity contribution >= 4 is 29.7 Å². The molecule has 0 aliphatic rings. The fourth-order valence-electron chi connectivity index (χ4n) is 4.74. The summed E-state index contributed by atoms with van der Waals surface area (Å²) >= 11 is 0. The zero-order valence-corrected chi connectivity index (χ0v) is 34.2. The van der Waals surface area contributed by atoms with Crippen LogP contribution in [0, 0.1) is 70.4 Å². The number of rotatable bonds is 13.